The molecule has 0 heterocycles. The van der Waals surface area contributed by atoms with Gasteiger partial charge in [-0.1, -0.05) is 13.8 Å². The van der Waals surface area contributed by atoms with Crippen LogP contribution in [0.1, 0.15) is 13.8 Å². The Morgan fingerprint density at radius 2 is 2.10 bits per heavy atom. The Hall–Kier alpha value is 0.660. The van der Waals surface area contributed by atoms with E-state index in [-0.39, 0.29) is 0 Å². The second kappa shape index (κ2) is 7.76. The smallest absolute Gasteiger partial charge is 0.0464 e. The average molecular weight is 180 g/mol. The van der Waals surface area contributed by atoms with Gasteiger partial charge in [0.15, 0.2) is 0 Å². The van der Waals surface area contributed by atoms with Gasteiger partial charge in [-0.25, -0.2) is 0 Å². The molecule has 0 aliphatic rings. The first-order valence-electron chi connectivity index (χ1n) is 3.57. The summed E-state index contributed by atoms with van der Waals surface area (Å²) in [4.78, 5) is 0. The molecule has 0 bridgehead atoms. The summed E-state index contributed by atoms with van der Waals surface area (Å²) in [6.07, 6.45) is 0. The van der Waals surface area contributed by atoms with Crippen LogP contribution in [0.2, 0.25) is 0 Å². The third-order valence-corrected chi connectivity index (χ3v) is 3.63. The molecule has 3 heteroatoms. The highest BCUT2D eigenvalue weighted by Gasteiger charge is 1.98. The van der Waals surface area contributed by atoms with Crippen LogP contribution in [0.25, 0.3) is 0 Å². The standard InChI is InChI=1S/C7H16OS2/c1-3-9-6-10-5-7(2)4-8/h7-8H,3-6H2,1-2H3. The molecule has 1 unspecified atom stereocenters. The summed E-state index contributed by atoms with van der Waals surface area (Å²) in [5.74, 6) is 2.74. The third kappa shape index (κ3) is 6.78. The van der Waals surface area contributed by atoms with Gasteiger partial charge in [-0.3, -0.25) is 0 Å². The zero-order valence-electron chi connectivity index (χ0n) is 6.67. The average Bonchev–Trinajstić information content (AvgIpc) is 1.98. The summed E-state index contributed by atoms with van der Waals surface area (Å²) in [5.41, 5.74) is 0. The van der Waals surface area contributed by atoms with Crippen LogP contribution in [-0.4, -0.2) is 28.3 Å². The second-order valence-electron chi connectivity index (χ2n) is 2.27. The van der Waals surface area contributed by atoms with Gasteiger partial charge < -0.3 is 5.11 Å². The van der Waals surface area contributed by atoms with Gasteiger partial charge in [0.1, 0.15) is 0 Å². The number of aliphatic hydroxyl groups excluding tert-OH is 1. The van der Waals surface area contributed by atoms with Gasteiger partial charge in [0, 0.05) is 11.7 Å². The number of rotatable bonds is 6. The van der Waals surface area contributed by atoms with Gasteiger partial charge in [-0.05, 0) is 17.4 Å². The number of thioether (sulfide) groups is 2. The van der Waals surface area contributed by atoms with Crippen molar-refractivity contribution in [3.8, 4) is 0 Å². The monoisotopic (exact) mass is 180 g/mol. The van der Waals surface area contributed by atoms with Crippen LogP contribution < -0.4 is 0 Å². The van der Waals surface area contributed by atoms with E-state index in [0.29, 0.717) is 12.5 Å². The van der Waals surface area contributed by atoms with Crippen LogP contribution in [-0.2, 0) is 0 Å². The molecule has 0 spiro atoms. The summed E-state index contributed by atoms with van der Waals surface area (Å²) in [7, 11) is 0. The van der Waals surface area contributed by atoms with Crippen molar-refractivity contribution in [2.45, 2.75) is 13.8 Å². The lowest BCUT2D eigenvalue weighted by atomic mass is 10.2. The van der Waals surface area contributed by atoms with Crippen molar-refractivity contribution in [3.05, 3.63) is 0 Å². The molecule has 1 N–H and O–H groups in total. The zero-order chi connectivity index (χ0) is 7.82. The van der Waals surface area contributed by atoms with Crippen molar-refractivity contribution >= 4 is 23.5 Å². The van der Waals surface area contributed by atoms with Crippen molar-refractivity contribution in [1.82, 2.24) is 0 Å². The summed E-state index contributed by atoms with van der Waals surface area (Å²) >= 11 is 3.86. The van der Waals surface area contributed by atoms with Gasteiger partial charge in [-0.2, -0.15) is 23.5 Å². The Morgan fingerprint density at radius 1 is 1.40 bits per heavy atom. The molecule has 0 rings (SSSR count). The molecule has 0 aromatic heterocycles. The van der Waals surface area contributed by atoms with Crippen molar-refractivity contribution in [2.24, 2.45) is 5.92 Å². The van der Waals surface area contributed by atoms with Gasteiger partial charge >= 0.3 is 0 Å². The minimum Gasteiger partial charge on any atom is -0.396 e. The van der Waals surface area contributed by atoms with Crippen LogP contribution in [0.4, 0.5) is 0 Å². The van der Waals surface area contributed by atoms with E-state index in [1.165, 1.54) is 10.8 Å². The highest BCUT2D eigenvalue weighted by molar-refractivity contribution is 8.15. The van der Waals surface area contributed by atoms with Gasteiger partial charge in [-0.15, -0.1) is 0 Å². The Morgan fingerprint density at radius 3 is 2.60 bits per heavy atom. The van der Waals surface area contributed by atoms with Crippen LogP contribution in [0.3, 0.4) is 0 Å². The van der Waals surface area contributed by atoms with E-state index in [4.69, 9.17) is 5.11 Å². The van der Waals surface area contributed by atoms with Crippen LogP contribution in [0, 0.1) is 5.92 Å². The molecular weight excluding hydrogens is 164 g/mol. The first-order chi connectivity index (χ1) is 4.81. The van der Waals surface area contributed by atoms with E-state index in [9.17, 15) is 0 Å². The predicted molar refractivity (Wildman–Crippen MR) is 51.7 cm³/mol. The van der Waals surface area contributed by atoms with E-state index in [1.807, 2.05) is 23.5 Å². The van der Waals surface area contributed by atoms with Crippen molar-refractivity contribution in [3.63, 3.8) is 0 Å². The Kier molecular flexibility index (Phi) is 8.28. The quantitative estimate of drug-likeness (QED) is 0.499. The van der Waals surface area contributed by atoms with Gasteiger partial charge in [0.25, 0.3) is 0 Å². The molecule has 0 radical (unpaired) electrons. The van der Waals surface area contributed by atoms with Gasteiger partial charge in [0.05, 0.1) is 0 Å². The van der Waals surface area contributed by atoms with E-state index in [1.54, 1.807) is 0 Å². The summed E-state index contributed by atoms with van der Waals surface area (Å²) in [6, 6.07) is 0. The lowest BCUT2D eigenvalue weighted by Crippen LogP contribution is -2.03. The maximum Gasteiger partial charge on any atom is 0.0464 e. The normalized spacial score (nSPS) is 13.5. The van der Waals surface area contributed by atoms with E-state index >= 15 is 0 Å². The van der Waals surface area contributed by atoms with Crippen molar-refractivity contribution in [2.75, 3.05) is 23.2 Å². The maximum atomic E-state index is 8.67. The number of hydrogen-bond donors (Lipinski definition) is 1. The Bertz CT molecular complexity index is 68.6. The third-order valence-electron chi connectivity index (χ3n) is 1.08. The largest absolute Gasteiger partial charge is 0.396 e. The molecule has 0 fully saturated rings. The lowest BCUT2D eigenvalue weighted by molar-refractivity contribution is 0.250. The molecule has 0 saturated carbocycles. The van der Waals surface area contributed by atoms with E-state index < -0.39 is 0 Å². The summed E-state index contributed by atoms with van der Waals surface area (Å²) < 4.78 is 0. The van der Waals surface area contributed by atoms with E-state index in [0.717, 1.165) is 5.75 Å². The first kappa shape index (κ1) is 10.7. The summed E-state index contributed by atoms with van der Waals surface area (Å²) in [6.45, 7) is 4.56. The number of hydrogen-bond acceptors (Lipinski definition) is 3. The molecule has 0 amide bonds. The van der Waals surface area contributed by atoms with Crippen LogP contribution in [0.15, 0.2) is 0 Å². The maximum absolute atomic E-state index is 8.67. The predicted octanol–water partition coefficient (Wildman–Crippen LogP) is 2.06. The number of aliphatic hydroxyl groups is 1. The first-order valence-corrected chi connectivity index (χ1v) is 5.88. The molecule has 0 aliphatic carbocycles. The highest BCUT2D eigenvalue weighted by atomic mass is 32.2. The van der Waals surface area contributed by atoms with Crippen molar-refractivity contribution < 1.29 is 5.11 Å². The second-order valence-corrected chi connectivity index (χ2v) is 4.94. The Balaban J connectivity index is 2.89. The summed E-state index contributed by atoms with van der Waals surface area (Å²) in [5, 5.41) is 9.84. The minimum atomic E-state index is 0.323. The van der Waals surface area contributed by atoms with Crippen LogP contribution >= 0.6 is 23.5 Å². The molecule has 1 nitrogen and oxygen atoms in total. The minimum absolute atomic E-state index is 0.323. The topological polar surface area (TPSA) is 20.2 Å². The molecule has 10 heavy (non-hydrogen) atoms. The van der Waals surface area contributed by atoms with E-state index in [2.05, 4.69) is 13.8 Å². The molecule has 0 aliphatic heterocycles. The Labute approximate surface area is 72.0 Å². The molecular formula is C7H16OS2. The fourth-order valence-electron chi connectivity index (χ4n) is 0.444. The fourth-order valence-corrected chi connectivity index (χ4v) is 2.48. The lowest BCUT2D eigenvalue weighted by Gasteiger charge is -2.05. The molecule has 0 aromatic rings. The molecule has 0 aromatic carbocycles. The highest BCUT2D eigenvalue weighted by Crippen LogP contribution is 2.14. The van der Waals surface area contributed by atoms with Gasteiger partial charge in [0.2, 0.25) is 0 Å². The molecule has 62 valence electrons. The fraction of sp³-hybridized carbons (Fsp3) is 1.00. The molecule has 0 saturated heterocycles. The zero-order valence-corrected chi connectivity index (χ0v) is 8.30. The van der Waals surface area contributed by atoms with Crippen LogP contribution in [0.5, 0.6) is 0 Å². The van der Waals surface area contributed by atoms with Crippen molar-refractivity contribution in [1.29, 1.82) is 0 Å². The SMILES string of the molecule is CCSCSCC(C)CO. The molecule has 1 atom stereocenters.